The fourth-order valence-corrected chi connectivity index (χ4v) is 3.17. The standard InChI is InChI=1S/C15H20FIN2O/c1-3-11(2)18-6-8-19(9-7-18)15(20)13-5-4-12(16)10-14(13)17/h4-5,10-11H,3,6-9H2,1-2H3. The second-order valence-electron chi connectivity index (χ2n) is 5.21. The maximum absolute atomic E-state index is 13.1. The summed E-state index contributed by atoms with van der Waals surface area (Å²) in [5, 5.41) is 0. The van der Waals surface area contributed by atoms with Crippen molar-refractivity contribution < 1.29 is 9.18 Å². The van der Waals surface area contributed by atoms with Gasteiger partial charge in [0, 0.05) is 35.8 Å². The number of rotatable bonds is 3. The van der Waals surface area contributed by atoms with Crippen LogP contribution in [0.1, 0.15) is 30.6 Å². The van der Waals surface area contributed by atoms with E-state index in [1.54, 1.807) is 6.07 Å². The lowest BCUT2D eigenvalue weighted by Gasteiger charge is -2.38. The molecule has 1 aliphatic rings. The number of carbonyl (C=O) groups is 1. The van der Waals surface area contributed by atoms with Crippen LogP contribution < -0.4 is 0 Å². The fourth-order valence-electron chi connectivity index (χ4n) is 2.46. The van der Waals surface area contributed by atoms with E-state index < -0.39 is 0 Å². The lowest BCUT2D eigenvalue weighted by atomic mass is 10.1. The van der Waals surface area contributed by atoms with Gasteiger partial charge in [0.25, 0.3) is 5.91 Å². The van der Waals surface area contributed by atoms with Crippen LogP contribution in [-0.2, 0) is 0 Å². The Labute approximate surface area is 133 Å². The highest BCUT2D eigenvalue weighted by Gasteiger charge is 2.25. The number of nitrogens with zero attached hydrogens (tertiary/aromatic N) is 2. The minimum atomic E-state index is -0.299. The molecule has 2 rings (SSSR count). The Morgan fingerprint density at radius 3 is 2.55 bits per heavy atom. The van der Waals surface area contributed by atoms with Gasteiger partial charge in [-0.25, -0.2) is 4.39 Å². The molecule has 0 N–H and O–H groups in total. The number of hydrogen-bond donors (Lipinski definition) is 0. The molecule has 0 radical (unpaired) electrons. The normalized spacial score (nSPS) is 18.1. The molecule has 3 nitrogen and oxygen atoms in total. The summed E-state index contributed by atoms with van der Waals surface area (Å²) in [4.78, 5) is 16.7. The van der Waals surface area contributed by atoms with Gasteiger partial charge in [-0.15, -0.1) is 0 Å². The van der Waals surface area contributed by atoms with Gasteiger partial charge in [-0.3, -0.25) is 9.69 Å². The molecule has 1 amide bonds. The van der Waals surface area contributed by atoms with E-state index in [2.05, 4.69) is 18.7 Å². The lowest BCUT2D eigenvalue weighted by molar-refractivity contribution is 0.0578. The number of carbonyl (C=O) groups excluding carboxylic acids is 1. The summed E-state index contributed by atoms with van der Waals surface area (Å²) in [5.41, 5.74) is 0.601. The first-order chi connectivity index (χ1) is 9.52. The van der Waals surface area contributed by atoms with E-state index in [0.29, 0.717) is 15.2 Å². The Morgan fingerprint density at radius 1 is 1.35 bits per heavy atom. The maximum atomic E-state index is 13.1. The second kappa shape index (κ2) is 6.85. The molecule has 1 fully saturated rings. The summed E-state index contributed by atoms with van der Waals surface area (Å²) in [6, 6.07) is 4.91. The zero-order valence-corrected chi connectivity index (χ0v) is 14.1. The van der Waals surface area contributed by atoms with Gasteiger partial charge in [0.05, 0.1) is 5.56 Å². The van der Waals surface area contributed by atoms with Crippen LogP contribution in [0, 0.1) is 9.39 Å². The minimum Gasteiger partial charge on any atom is -0.336 e. The van der Waals surface area contributed by atoms with Crippen LogP contribution in [0.25, 0.3) is 0 Å². The first-order valence-electron chi connectivity index (χ1n) is 7.01. The summed E-state index contributed by atoms with van der Waals surface area (Å²) in [6.07, 6.45) is 1.13. The molecule has 1 aromatic carbocycles. The molecular weight excluding hydrogens is 370 g/mol. The van der Waals surface area contributed by atoms with E-state index in [0.717, 1.165) is 32.6 Å². The number of amides is 1. The predicted octanol–water partition coefficient (Wildman–Crippen LogP) is 2.99. The van der Waals surface area contributed by atoms with Gasteiger partial charge < -0.3 is 4.90 Å². The number of benzene rings is 1. The Hall–Kier alpha value is -0.690. The van der Waals surface area contributed by atoms with Crippen molar-refractivity contribution in [3.05, 3.63) is 33.1 Å². The van der Waals surface area contributed by atoms with Crippen molar-refractivity contribution in [2.45, 2.75) is 26.3 Å². The van der Waals surface area contributed by atoms with Crippen molar-refractivity contribution in [1.82, 2.24) is 9.80 Å². The third-order valence-corrected chi connectivity index (χ3v) is 4.87. The molecule has 1 unspecified atom stereocenters. The summed E-state index contributed by atoms with van der Waals surface area (Å²) >= 11 is 2.02. The molecule has 1 heterocycles. The van der Waals surface area contributed by atoms with Crippen molar-refractivity contribution in [1.29, 1.82) is 0 Å². The quantitative estimate of drug-likeness (QED) is 0.741. The minimum absolute atomic E-state index is 0.0122. The molecule has 1 aliphatic heterocycles. The van der Waals surface area contributed by atoms with E-state index in [1.807, 2.05) is 27.5 Å². The summed E-state index contributed by atoms with van der Waals surface area (Å²) in [6.45, 7) is 7.73. The molecule has 1 aromatic rings. The fraction of sp³-hybridized carbons (Fsp3) is 0.533. The average Bonchev–Trinajstić information content (AvgIpc) is 2.46. The van der Waals surface area contributed by atoms with Crippen molar-refractivity contribution in [3.63, 3.8) is 0 Å². The van der Waals surface area contributed by atoms with Gasteiger partial charge in [0.2, 0.25) is 0 Å². The first-order valence-corrected chi connectivity index (χ1v) is 8.09. The second-order valence-corrected chi connectivity index (χ2v) is 6.37. The molecular formula is C15H20FIN2O. The Morgan fingerprint density at radius 2 is 2.00 bits per heavy atom. The Balaban J connectivity index is 2.01. The molecule has 5 heteroatoms. The molecule has 1 atom stereocenters. The van der Waals surface area contributed by atoms with Crippen molar-refractivity contribution in [2.75, 3.05) is 26.2 Å². The highest BCUT2D eigenvalue weighted by atomic mass is 127. The molecule has 0 aliphatic carbocycles. The summed E-state index contributed by atoms with van der Waals surface area (Å²) in [7, 11) is 0. The molecule has 1 saturated heterocycles. The van der Waals surface area contributed by atoms with E-state index in [1.165, 1.54) is 12.1 Å². The van der Waals surface area contributed by atoms with Gasteiger partial charge in [0.15, 0.2) is 0 Å². The van der Waals surface area contributed by atoms with Crippen molar-refractivity contribution in [3.8, 4) is 0 Å². The van der Waals surface area contributed by atoms with E-state index in [-0.39, 0.29) is 11.7 Å². The zero-order valence-electron chi connectivity index (χ0n) is 11.9. The zero-order chi connectivity index (χ0) is 14.7. The Bertz CT molecular complexity index is 487. The highest BCUT2D eigenvalue weighted by Crippen LogP contribution is 2.18. The summed E-state index contributed by atoms with van der Waals surface area (Å²) < 4.78 is 13.8. The topological polar surface area (TPSA) is 23.6 Å². The van der Waals surface area contributed by atoms with Crippen molar-refractivity contribution in [2.24, 2.45) is 0 Å². The molecule has 0 spiro atoms. The summed E-state index contributed by atoms with van der Waals surface area (Å²) in [5.74, 6) is -0.286. The van der Waals surface area contributed by atoms with Crippen LogP contribution in [0.5, 0.6) is 0 Å². The molecule has 0 bridgehead atoms. The maximum Gasteiger partial charge on any atom is 0.255 e. The predicted molar refractivity (Wildman–Crippen MR) is 86.3 cm³/mol. The van der Waals surface area contributed by atoms with Crippen LogP contribution in [-0.4, -0.2) is 47.9 Å². The molecule has 110 valence electrons. The van der Waals surface area contributed by atoms with E-state index in [4.69, 9.17) is 0 Å². The van der Waals surface area contributed by atoms with Gasteiger partial charge in [0.1, 0.15) is 5.82 Å². The van der Waals surface area contributed by atoms with E-state index >= 15 is 0 Å². The molecule has 0 aromatic heterocycles. The number of halogens is 2. The van der Waals surface area contributed by atoms with Crippen LogP contribution in [0.15, 0.2) is 18.2 Å². The van der Waals surface area contributed by atoms with Crippen LogP contribution >= 0.6 is 22.6 Å². The molecule has 20 heavy (non-hydrogen) atoms. The van der Waals surface area contributed by atoms with E-state index in [9.17, 15) is 9.18 Å². The average molecular weight is 390 g/mol. The van der Waals surface area contributed by atoms with Gasteiger partial charge in [-0.2, -0.15) is 0 Å². The SMILES string of the molecule is CCC(C)N1CCN(C(=O)c2ccc(F)cc2I)CC1. The lowest BCUT2D eigenvalue weighted by Crippen LogP contribution is -2.51. The monoisotopic (exact) mass is 390 g/mol. The molecule has 0 saturated carbocycles. The van der Waals surface area contributed by atoms with Crippen molar-refractivity contribution >= 4 is 28.5 Å². The van der Waals surface area contributed by atoms with Gasteiger partial charge >= 0.3 is 0 Å². The largest absolute Gasteiger partial charge is 0.336 e. The van der Waals surface area contributed by atoms with Crippen LogP contribution in [0.2, 0.25) is 0 Å². The van der Waals surface area contributed by atoms with Crippen LogP contribution in [0.3, 0.4) is 0 Å². The Kier molecular flexibility index (Phi) is 5.37. The highest BCUT2D eigenvalue weighted by molar-refractivity contribution is 14.1. The smallest absolute Gasteiger partial charge is 0.255 e. The third kappa shape index (κ3) is 3.49. The van der Waals surface area contributed by atoms with Gasteiger partial charge in [-0.1, -0.05) is 6.92 Å². The number of hydrogen-bond acceptors (Lipinski definition) is 2. The first kappa shape index (κ1) is 15.7. The van der Waals surface area contributed by atoms with Crippen LogP contribution in [0.4, 0.5) is 4.39 Å². The number of piperazine rings is 1. The third-order valence-electron chi connectivity index (χ3n) is 3.98. The van der Waals surface area contributed by atoms with Gasteiger partial charge in [-0.05, 0) is 54.1 Å².